The Bertz CT molecular complexity index is 934. The molecule has 0 unspecified atom stereocenters. The minimum atomic E-state index is -0.424. The highest BCUT2D eigenvalue weighted by Crippen LogP contribution is 2.34. The number of nitrogens with two attached hydrogens (primary N) is 1. The van der Waals surface area contributed by atoms with Crippen LogP contribution >= 0.6 is 22.9 Å². The summed E-state index contributed by atoms with van der Waals surface area (Å²) in [4.78, 5) is 37.6. The van der Waals surface area contributed by atoms with Crippen LogP contribution in [0, 0.1) is 5.92 Å². The molecule has 1 aromatic heterocycles. The molecule has 7 nitrogen and oxygen atoms in total. The normalized spacial score (nSPS) is 14.2. The van der Waals surface area contributed by atoms with Crippen LogP contribution in [-0.4, -0.2) is 45.3 Å². The largest absolute Gasteiger partial charge is 0.494 e. The lowest BCUT2D eigenvalue weighted by Crippen LogP contribution is -2.35. The van der Waals surface area contributed by atoms with E-state index in [1.165, 1.54) is 11.3 Å². The van der Waals surface area contributed by atoms with E-state index >= 15 is 0 Å². The van der Waals surface area contributed by atoms with Gasteiger partial charge in [-0.05, 0) is 43.0 Å². The number of methoxy groups -OCH3 is 1. The number of hydrogen-bond donors (Lipinski definition) is 1. The number of primary amides is 1. The lowest BCUT2D eigenvalue weighted by molar-refractivity contribution is -0.119. The van der Waals surface area contributed by atoms with Crippen molar-refractivity contribution in [3.8, 4) is 5.75 Å². The molecule has 0 radical (unpaired) electrons. The Kier molecular flexibility index (Phi) is 9.99. The molecule has 0 saturated carbocycles. The lowest BCUT2D eigenvalue weighted by Gasteiger charge is -2.29. The topological polar surface area (TPSA) is 92.9 Å². The number of aldehydes is 1. The zero-order valence-corrected chi connectivity index (χ0v) is 20.2. The molecule has 1 aliphatic rings. The Hall–Kier alpha value is -2.58. The number of nitrogens with zero attached hydrogens (tertiary/aromatic N) is 2. The molecule has 0 aliphatic carbocycles. The summed E-state index contributed by atoms with van der Waals surface area (Å²) in [6.45, 7) is 3.60. The number of carbonyl (C=O) groups excluding carboxylic acids is 3. The molecule has 2 amide bonds. The highest BCUT2D eigenvalue weighted by molar-refractivity contribution is 7.17. The van der Waals surface area contributed by atoms with Crippen LogP contribution in [0.1, 0.15) is 42.3 Å². The van der Waals surface area contributed by atoms with Crippen LogP contribution in [0.4, 0.5) is 11.4 Å². The minimum absolute atomic E-state index is 0.162. The number of carbonyl (C=O) groups is 3. The predicted octanol–water partition coefficient (Wildman–Crippen LogP) is 4.37. The first kappa shape index (κ1) is 25.7. The molecular formula is C23H30ClN3O4S. The summed E-state index contributed by atoms with van der Waals surface area (Å²) in [5.74, 6) is 0.752. The zero-order chi connectivity index (χ0) is 23.7. The van der Waals surface area contributed by atoms with Gasteiger partial charge < -0.3 is 25.1 Å². The van der Waals surface area contributed by atoms with Crippen LogP contribution in [-0.2, 0) is 9.59 Å². The summed E-state index contributed by atoms with van der Waals surface area (Å²) in [6.07, 6.45) is 4.12. The van der Waals surface area contributed by atoms with Gasteiger partial charge in [0.2, 0.25) is 5.91 Å². The molecule has 1 aliphatic heterocycles. The molecule has 0 spiro atoms. The average molecular weight is 480 g/mol. The smallest absolute Gasteiger partial charge is 0.258 e. The van der Waals surface area contributed by atoms with E-state index in [0.29, 0.717) is 33.7 Å². The summed E-state index contributed by atoms with van der Waals surface area (Å²) >= 11 is 6.70. The maximum atomic E-state index is 12.1. The summed E-state index contributed by atoms with van der Waals surface area (Å²) in [5.41, 5.74) is 6.80. The van der Waals surface area contributed by atoms with Crippen molar-refractivity contribution in [2.24, 2.45) is 11.7 Å². The zero-order valence-electron chi connectivity index (χ0n) is 18.7. The Balaban J connectivity index is 0.000000336. The molecular weight excluding hydrogens is 450 g/mol. The molecule has 2 aromatic rings. The fraction of sp³-hybridized carbons (Fsp3) is 0.435. The third-order valence-corrected chi connectivity index (χ3v) is 6.36. The van der Waals surface area contributed by atoms with Gasteiger partial charge in [0, 0.05) is 44.7 Å². The van der Waals surface area contributed by atoms with Gasteiger partial charge in [-0.25, -0.2) is 0 Å². The Morgan fingerprint density at radius 2 is 2.09 bits per heavy atom. The van der Waals surface area contributed by atoms with Gasteiger partial charge in [0.15, 0.2) is 0 Å². The third kappa shape index (κ3) is 7.24. The number of anilines is 2. The number of benzene rings is 1. The van der Waals surface area contributed by atoms with Crippen LogP contribution in [0.15, 0.2) is 30.3 Å². The molecule has 2 N–H and O–H groups in total. The Morgan fingerprint density at radius 1 is 1.34 bits per heavy atom. The molecule has 174 valence electrons. The second-order valence-corrected chi connectivity index (χ2v) is 9.43. The van der Waals surface area contributed by atoms with Crippen LogP contribution in [0.25, 0.3) is 0 Å². The fourth-order valence-electron chi connectivity index (χ4n) is 3.45. The first-order chi connectivity index (χ1) is 15.3. The predicted molar refractivity (Wildman–Crippen MR) is 130 cm³/mol. The van der Waals surface area contributed by atoms with Crippen molar-refractivity contribution in [3.63, 3.8) is 0 Å². The van der Waals surface area contributed by atoms with Gasteiger partial charge in [-0.1, -0.05) is 18.5 Å². The van der Waals surface area contributed by atoms with Crippen LogP contribution in [0.2, 0.25) is 4.34 Å². The summed E-state index contributed by atoms with van der Waals surface area (Å²) < 4.78 is 6.10. The van der Waals surface area contributed by atoms with E-state index in [1.54, 1.807) is 19.2 Å². The summed E-state index contributed by atoms with van der Waals surface area (Å²) in [7, 11) is 3.63. The van der Waals surface area contributed by atoms with Crippen molar-refractivity contribution in [1.82, 2.24) is 0 Å². The lowest BCUT2D eigenvalue weighted by atomic mass is 10.1. The SMILES string of the molecule is COc1cc(N(C)C[C@H](C)CC=O)ccc1N1CCCCC1=O.NC(=O)c1ccc(Cl)s1. The number of ether oxygens (including phenoxy) is 1. The highest BCUT2D eigenvalue weighted by atomic mass is 35.5. The van der Waals surface area contributed by atoms with Gasteiger partial charge in [-0.15, -0.1) is 11.3 Å². The Labute approximate surface area is 198 Å². The molecule has 1 aromatic carbocycles. The van der Waals surface area contributed by atoms with Crippen LogP contribution in [0.3, 0.4) is 0 Å². The summed E-state index contributed by atoms with van der Waals surface area (Å²) in [5, 5.41) is 0. The molecule has 1 saturated heterocycles. The monoisotopic (exact) mass is 479 g/mol. The van der Waals surface area contributed by atoms with E-state index < -0.39 is 5.91 Å². The van der Waals surface area contributed by atoms with Gasteiger partial charge in [0.25, 0.3) is 5.91 Å². The van der Waals surface area contributed by atoms with Gasteiger partial charge >= 0.3 is 0 Å². The van der Waals surface area contributed by atoms with Crippen molar-refractivity contribution in [1.29, 1.82) is 0 Å². The molecule has 32 heavy (non-hydrogen) atoms. The standard InChI is InChI=1S/C18H26N2O3.C5H4ClNOS/c1-14(9-11-21)13-19(2)15-7-8-16(17(12-15)23-3)20-10-5-4-6-18(20)22;6-4-2-1-3(9-4)5(7)8/h7-8,11-12,14H,4-6,9-10,13H2,1-3H3;1-2H,(H2,7,8)/t14-;/m1./s1. The van der Waals surface area contributed by atoms with E-state index in [2.05, 4.69) is 11.8 Å². The molecule has 3 rings (SSSR count). The minimum Gasteiger partial charge on any atom is -0.494 e. The van der Waals surface area contributed by atoms with Crippen molar-refractivity contribution in [2.45, 2.75) is 32.6 Å². The number of halogens is 1. The number of thiophene rings is 1. The Morgan fingerprint density at radius 3 is 2.62 bits per heavy atom. The molecule has 2 heterocycles. The number of rotatable bonds is 8. The quantitative estimate of drug-likeness (QED) is 0.567. The number of hydrogen-bond acceptors (Lipinski definition) is 6. The maximum Gasteiger partial charge on any atom is 0.258 e. The highest BCUT2D eigenvalue weighted by Gasteiger charge is 2.23. The first-order valence-corrected chi connectivity index (χ1v) is 11.6. The first-order valence-electron chi connectivity index (χ1n) is 10.4. The molecule has 0 bridgehead atoms. The second-order valence-electron chi connectivity index (χ2n) is 7.71. The van der Waals surface area contributed by atoms with Gasteiger partial charge in [-0.2, -0.15) is 0 Å². The summed E-state index contributed by atoms with van der Waals surface area (Å²) in [6, 6.07) is 9.18. The number of piperidine rings is 1. The van der Waals surface area contributed by atoms with Gasteiger partial charge in [-0.3, -0.25) is 9.59 Å². The molecule has 1 fully saturated rings. The fourth-order valence-corrected chi connectivity index (χ4v) is 4.34. The van der Waals surface area contributed by atoms with Gasteiger partial charge in [0.1, 0.15) is 12.0 Å². The van der Waals surface area contributed by atoms with E-state index in [1.807, 2.05) is 30.1 Å². The maximum absolute atomic E-state index is 12.1. The van der Waals surface area contributed by atoms with E-state index in [-0.39, 0.29) is 5.91 Å². The van der Waals surface area contributed by atoms with E-state index in [9.17, 15) is 14.4 Å². The number of amides is 2. The molecule has 1 atom stereocenters. The van der Waals surface area contributed by atoms with Crippen molar-refractivity contribution in [2.75, 3.05) is 37.0 Å². The van der Waals surface area contributed by atoms with Crippen LogP contribution in [0.5, 0.6) is 5.75 Å². The van der Waals surface area contributed by atoms with Crippen LogP contribution < -0.4 is 20.3 Å². The van der Waals surface area contributed by atoms with E-state index in [0.717, 1.165) is 43.6 Å². The van der Waals surface area contributed by atoms with Crippen molar-refractivity contribution in [3.05, 3.63) is 39.5 Å². The average Bonchev–Trinajstić information content (AvgIpc) is 3.21. The molecule has 9 heteroatoms. The van der Waals surface area contributed by atoms with Crippen molar-refractivity contribution >= 4 is 52.4 Å². The van der Waals surface area contributed by atoms with Crippen molar-refractivity contribution < 1.29 is 19.1 Å². The van der Waals surface area contributed by atoms with E-state index in [4.69, 9.17) is 22.1 Å². The second kappa shape index (κ2) is 12.5. The third-order valence-electron chi connectivity index (χ3n) is 5.12. The van der Waals surface area contributed by atoms with Gasteiger partial charge in [0.05, 0.1) is 22.0 Å².